The van der Waals surface area contributed by atoms with Crippen LogP contribution in [0.4, 0.5) is 5.69 Å². The van der Waals surface area contributed by atoms with Crippen molar-refractivity contribution in [2.45, 2.75) is 65.1 Å². The molecule has 1 N–H and O–H groups in total. The number of hydrogen-bond donors (Lipinski definition) is 1. The van der Waals surface area contributed by atoms with Crippen LogP contribution in [0.25, 0.3) is 0 Å². The van der Waals surface area contributed by atoms with E-state index in [0.717, 1.165) is 18.2 Å². The Bertz CT molecular complexity index is 1120. The number of methoxy groups -OCH3 is 1. The number of nitrogens with one attached hydrogen (secondary N) is 1. The number of hydrogen-bond acceptors (Lipinski definition) is 5. The number of ether oxygens (including phenoxy) is 1. The van der Waals surface area contributed by atoms with E-state index >= 15 is 0 Å². The Kier molecular flexibility index (Phi) is 11.7. The lowest BCUT2D eigenvalue weighted by Crippen LogP contribution is -2.50. The fraction of sp³-hybridized carbons (Fsp3) is 0.481. The van der Waals surface area contributed by atoms with E-state index in [9.17, 15) is 18.0 Å². The number of carbonyl (C=O) groups is 2. The van der Waals surface area contributed by atoms with Gasteiger partial charge in [0, 0.05) is 30.6 Å². The predicted molar refractivity (Wildman–Crippen MR) is 148 cm³/mol. The Morgan fingerprint density at radius 3 is 2.16 bits per heavy atom. The lowest BCUT2D eigenvalue weighted by atomic mass is 10.1. The van der Waals surface area contributed by atoms with Gasteiger partial charge in [0.25, 0.3) is 0 Å². The van der Waals surface area contributed by atoms with Crippen LogP contribution in [0.15, 0.2) is 48.5 Å². The summed E-state index contributed by atoms with van der Waals surface area (Å²) in [5.41, 5.74) is 1.34. The van der Waals surface area contributed by atoms with E-state index in [4.69, 9.17) is 16.3 Å². The molecule has 0 unspecified atom stereocenters. The SMILES string of the molecule is CC[C@H](C(=O)N[C@@H](C)CC)N(Cc1ccc(OC)cc1)C(=O)CCCN(c1ccc(Cl)cc1)S(C)(=O)=O. The Labute approximate surface area is 226 Å². The molecule has 0 aliphatic heterocycles. The summed E-state index contributed by atoms with van der Waals surface area (Å²) in [6.07, 6.45) is 2.73. The Morgan fingerprint density at radius 2 is 1.65 bits per heavy atom. The molecule has 0 saturated carbocycles. The number of benzene rings is 2. The molecule has 2 aromatic carbocycles. The van der Waals surface area contributed by atoms with Crippen molar-refractivity contribution in [3.8, 4) is 5.75 Å². The second-order valence-corrected chi connectivity index (χ2v) is 11.4. The fourth-order valence-electron chi connectivity index (χ4n) is 3.90. The van der Waals surface area contributed by atoms with Crippen LogP contribution in [0.5, 0.6) is 5.75 Å². The molecule has 8 nitrogen and oxygen atoms in total. The topological polar surface area (TPSA) is 96.0 Å². The van der Waals surface area contributed by atoms with Crippen LogP contribution in [-0.4, -0.2) is 57.1 Å². The summed E-state index contributed by atoms with van der Waals surface area (Å²) in [5.74, 6) is 0.287. The van der Waals surface area contributed by atoms with Crippen molar-refractivity contribution in [2.24, 2.45) is 0 Å². The van der Waals surface area contributed by atoms with E-state index < -0.39 is 16.1 Å². The molecule has 0 radical (unpaired) electrons. The summed E-state index contributed by atoms with van der Waals surface area (Å²) < 4.78 is 31.3. The first-order valence-electron chi connectivity index (χ1n) is 12.5. The van der Waals surface area contributed by atoms with Crippen LogP contribution in [0.2, 0.25) is 5.02 Å². The predicted octanol–water partition coefficient (Wildman–Crippen LogP) is 4.62. The number of rotatable bonds is 14. The van der Waals surface area contributed by atoms with Crippen molar-refractivity contribution < 1.29 is 22.7 Å². The zero-order valence-corrected chi connectivity index (χ0v) is 23.8. The first kappa shape index (κ1) is 30.4. The highest BCUT2D eigenvalue weighted by Crippen LogP contribution is 2.22. The van der Waals surface area contributed by atoms with Gasteiger partial charge in [-0.1, -0.05) is 37.6 Å². The lowest BCUT2D eigenvalue weighted by Gasteiger charge is -2.32. The second-order valence-electron chi connectivity index (χ2n) is 9.03. The standard InChI is InChI=1S/C27H38ClN3O5S/c1-6-20(3)29-27(33)25(7-2)30(19-21-10-16-24(36-4)17-11-21)26(32)9-8-18-31(37(5,34)35)23-14-12-22(28)13-15-23/h10-17,20,25H,6-9,18-19H2,1-5H3,(H,29,33)/t20-,25+/m0/s1. The third-order valence-electron chi connectivity index (χ3n) is 6.17. The molecule has 0 aliphatic rings. The van der Waals surface area contributed by atoms with Gasteiger partial charge in [-0.3, -0.25) is 13.9 Å². The zero-order valence-electron chi connectivity index (χ0n) is 22.2. The van der Waals surface area contributed by atoms with E-state index in [2.05, 4.69) is 5.32 Å². The highest BCUT2D eigenvalue weighted by molar-refractivity contribution is 7.92. The maximum absolute atomic E-state index is 13.5. The molecule has 10 heteroatoms. The van der Waals surface area contributed by atoms with Gasteiger partial charge in [0.2, 0.25) is 21.8 Å². The van der Waals surface area contributed by atoms with Crippen molar-refractivity contribution in [1.82, 2.24) is 10.2 Å². The van der Waals surface area contributed by atoms with Gasteiger partial charge in [-0.2, -0.15) is 0 Å². The first-order valence-corrected chi connectivity index (χ1v) is 14.7. The normalized spacial score (nSPS) is 12.9. The molecular weight excluding hydrogens is 514 g/mol. The number of sulfonamides is 1. The van der Waals surface area contributed by atoms with E-state index in [1.165, 1.54) is 4.31 Å². The van der Waals surface area contributed by atoms with Gasteiger partial charge >= 0.3 is 0 Å². The number of nitrogens with zero attached hydrogens (tertiary/aromatic N) is 2. The van der Waals surface area contributed by atoms with Gasteiger partial charge in [-0.15, -0.1) is 0 Å². The molecule has 204 valence electrons. The molecule has 0 fully saturated rings. The summed E-state index contributed by atoms with van der Waals surface area (Å²) in [6.45, 7) is 6.17. The number of halogens is 1. The molecule has 0 aromatic heterocycles. The molecular formula is C27H38ClN3O5S. The van der Waals surface area contributed by atoms with Crippen molar-refractivity contribution in [1.29, 1.82) is 0 Å². The molecule has 2 atom stereocenters. The molecule has 2 amide bonds. The largest absolute Gasteiger partial charge is 0.497 e. The number of anilines is 1. The van der Waals surface area contributed by atoms with Crippen molar-refractivity contribution in [3.63, 3.8) is 0 Å². The lowest BCUT2D eigenvalue weighted by molar-refractivity contribution is -0.141. The van der Waals surface area contributed by atoms with Gasteiger partial charge < -0.3 is 15.0 Å². The summed E-state index contributed by atoms with van der Waals surface area (Å²) in [5, 5.41) is 3.49. The molecule has 2 aromatic rings. The Hall–Kier alpha value is -2.78. The highest BCUT2D eigenvalue weighted by Gasteiger charge is 2.29. The summed E-state index contributed by atoms with van der Waals surface area (Å²) in [4.78, 5) is 28.2. The molecule has 37 heavy (non-hydrogen) atoms. The van der Waals surface area contributed by atoms with E-state index in [-0.39, 0.29) is 43.8 Å². The molecule has 0 heterocycles. The molecule has 0 bridgehead atoms. The third kappa shape index (κ3) is 9.23. The van der Waals surface area contributed by atoms with E-state index in [0.29, 0.717) is 22.9 Å². The van der Waals surface area contributed by atoms with Crippen LogP contribution in [0.1, 0.15) is 52.0 Å². The summed E-state index contributed by atoms with van der Waals surface area (Å²) >= 11 is 5.95. The summed E-state index contributed by atoms with van der Waals surface area (Å²) in [6, 6.07) is 13.2. The van der Waals surface area contributed by atoms with E-state index in [1.54, 1.807) is 36.3 Å². The van der Waals surface area contributed by atoms with Gasteiger partial charge in [-0.25, -0.2) is 8.42 Å². The van der Waals surface area contributed by atoms with Crippen LogP contribution in [-0.2, 0) is 26.2 Å². The number of carbonyl (C=O) groups excluding carboxylic acids is 2. The Morgan fingerprint density at radius 1 is 1.03 bits per heavy atom. The Balaban J connectivity index is 2.22. The molecule has 0 aliphatic carbocycles. The average molecular weight is 552 g/mol. The van der Waals surface area contributed by atoms with Gasteiger partial charge in [-0.05, 0) is 68.1 Å². The quantitative estimate of drug-likeness (QED) is 0.370. The smallest absolute Gasteiger partial charge is 0.243 e. The van der Waals surface area contributed by atoms with Gasteiger partial charge in [0.15, 0.2) is 0 Å². The maximum atomic E-state index is 13.5. The first-order chi connectivity index (χ1) is 17.5. The van der Waals surface area contributed by atoms with Gasteiger partial charge in [0.1, 0.15) is 11.8 Å². The summed E-state index contributed by atoms with van der Waals surface area (Å²) in [7, 11) is -1.98. The minimum atomic E-state index is -3.57. The van der Waals surface area contributed by atoms with E-state index in [1.807, 2.05) is 45.0 Å². The van der Waals surface area contributed by atoms with Crippen molar-refractivity contribution in [2.75, 3.05) is 24.2 Å². The fourth-order valence-corrected chi connectivity index (χ4v) is 4.99. The third-order valence-corrected chi connectivity index (χ3v) is 7.61. The minimum absolute atomic E-state index is 0.0119. The van der Waals surface area contributed by atoms with Crippen LogP contribution in [0.3, 0.4) is 0 Å². The highest BCUT2D eigenvalue weighted by atomic mass is 35.5. The second kappa shape index (κ2) is 14.2. The van der Waals surface area contributed by atoms with Crippen LogP contribution >= 0.6 is 11.6 Å². The van der Waals surface area contributed by atoms with Crippen molar-refractivity contribution in [3.05, 3.63) is 59.1 Å². The minimum Gasteiger partial charge on any atom is -0.497 e. The number of amides is 2. The van der Waals surface area contributed by atoms with Crippen LogP contribution < -0.4 is 14.4 Å². The monoisotopic (exact) mass is 551 g/mol. The average Bonchev–Trinajstić information content (AvgIpc) is 2.86. The van der Waals surface area contributed by atoms with Crippen molar-refractivity contribution >= 4 is 39.1 Å². The van der Waals surface area contributed by atoms with Gasteiger partial charge in [0.05, 0.1) is 19.1 Å². The maximum Gasteiger partial charge on any atom is 0.243 e. The molecule has 0 saturated heterocycles. The molecule has 2 rings (SSSR count). The zero-order chi connectivity index (χ0) is 27.6. The van der Waals surface area contributed by atoms with Crippen LogP contribution in [0, 0.1) is 0 Å². The molecule has 0 spiro atoms.